The van der Waals surface area contributed by atoms with E-state index in [0.717, 1.165) is 21.3 Å². The van der Waals surface area contributed by atoms with Gasteiger partial charge in [-0.3, -0.25) is 0 Å². The number of rotatable bonds is 8. The predicted molar refractivity (Wildman–Crippen MR) is 141 cm³/mol. The molecular weight excluding hydrogens is 709 g/mol. The van der Waals surface area contributed by atoms with Crippen molar-refractivity contribution in [1.29, 1.82) is 0 Å². The third-order valence-electron chi connectivity index (χ3n) is 3.94. The second-order valence-corrected chi connectivity index (χ2v) is 10.7. The molecule has 154 valence electrons. The number of benzene rings is 1. The van der Waals surface area contributed by atoms with Crippen LogP contribution in [0.5, 0.6) is 5.75 Å². The van der Waals surface area contributed by atoms with Gasteiger partial charge in [-0.15, -0.1) is 0 Å². The Morgan fingerprint density at radius 2 is 2.21 bits per heavy atom. The predicted octanol–water partition coefficient (Wildman–Crippen LogP) is 5.71. The zero-order chi connectivity index (χ0) is 21.3. The van der Waals surface area contributed by atoms with Gasteiger partial charge in [-0.05, 0) is 85.5 Å². The summed E-state index contributed by atoms with van der Waals surface area (Å²) in [5.41, 5.74) is 0.903. The van der Waals surface area contributed by atoms with Crippen LogP contribution in [0.25, 0.3) is 0 Å². The number of alkyl halides is 1. The Labute approximate surface area is 212 Å². The molecular formula is C22H21I3O4. The van der Waals surface area contributed by atoms with Gasteiger partial charge in [0.25, 0.3) is 0 Å². The quantitative estimate of drug-likeness (QED) is 0.212. The monoisotopic (exact) mass is 730 g/mol. The zero-order valence-electron chi connectivity index (χ0n) is 15.8. The number of halogens is 3. The Balaban J connectivity index is 1.88. The topological polar surface area (TPSA) is 55.8 Å². The van der Waals surface area contributed by atoms with Crippen LogP contribution >= 0.6 is 67.8 Å². The third-order valence-corrected chi connectivity index (χ3v) is 6.54. The molecule has 1 aliphatic carbocycles. The summed E-state index contributed by atoms with van der Waals surface area (Å²) < 4.78 is 13.2. The number of carboxylic acids is 1. The average molecular weight is 730 g/mol. The molecule has 1 aromatic carbocycles. The summed E-state index contributed by atoms with van der Waals surface area (Å²) in [5, 5.41) is 9.21. The highest BCUT2D eigenvalue weighted by Gasteiger charge is 2.23. The first kappa shape index (κ1) is 24.7. The van der Waals surface area contributed by atoms with E-state index in [1.54, 1.807) is 6.92 Å². The van der Waals surface area contributed by atoms with Gasteiger partial charge in [-0.1, -0.05) is 58.7 Å². The molecule has 0 aromatic heterocycles. The number of allylic oxidation sites excluding steroid dienone is 5. The van der Waals surface area contributed by atoms with Crippen LogP contribution in [0.15, 0.2) is 52.2 Å². The minimum atomic E-state index is -0.948. The lowest BCUT2D eigenvalue weighted by Crippen LogP contribution is -2.26. The second kappa shape index (κ2) is 12.3. The maximum absolute atomic E-state index is 11.2. The minimum absolute atomic E-state index is 0.144. The van der Waals surface area contributed by atoms with Gasteiger partial charge < -0.3 is 14.6 Å². The van der Waals surface area contributed by atoms with Crippen LogP contribution in [-0.2, 0) is 16.0 Å². The molecule has 4 nitrogen and oxygen atoms in total. The van der Waals surface area contributed by atoms with Crippen molar-refractivity contribution in [2.75, 3.05) is 13.2 Å². The summed E-state index contributed by atoms with van der Waals surface area (Å²) in [6.07, 6.45) is 10.4. The van der Waals surface area contributed by atoms with Crippen molar-refractivity contribution in [3.05, 3.63) is 61.3 Å². The molecule has 0 bridgehead atoms. The van der Waals surface area contributed by atoms with Crippen LogP contribution in [0, 0.1) is 15.4 Å². The van der Waals surface area contributed by atoms with Crippen molar-refractivity contribution in [1.82, 2.24) is 0 Å². The SMILES string of the molecule is CCO[C@@H](Cc1ccc(OC/C=C\C#CC2(I)C=CC=C(I)C2)c(I)c1)C(=O)O. The molecule has 1 unspecified atom stereocenters. The van der Waals surface area contributed by atoms with E-state index in [2.05, 4.69) is 97.8 Å². The lowest BCUT2D eigenvalue weighted by atomic mass is 10.0. The Morgan fingerprint density at radius 1 is 1.41 bits per heavy atom. The van der Waals surface area contributed by atoms with Crippen LogP contribution in [0.2, 0.25) is 0 Å². The van der Waals surface area contributed by atoms with Crippen molar-refractivity contribution in [2.24, 2.45) is 0 Å². The molecule has 0 saturated carbocycles. The molecule has 1 aliphatic rings. The standard InChI is InChI=1S/C22H21I3O4/c1-2-28-20(21(26)27)14-16-8-9-19(18(24)13-16)29-12-5-3-4-10-22(25)11-6-7-17(23)15-22/h3,5-9,11,13,20H,2,12,14-15H2,1H3,(H,26,27)/b5-3-/t20-,22?/m0/s1. The number of aliphatic carboxylic acids is 1. The number of carbonyl (C=O) groups is 1. The lowest BCUT2D eigenvalue weighted by Gasteiger charge is -2.19. The fourth-order valence-electron chi connectivity index (χ4n) is 2.58. The van der Waals surface area contributed by atoms with Gasteiger partial charge >= 0.3 is 5.97 Å². The molecule has 2 rings (SSSR count). The number of hydrogen-bond donors (Lipinski definition) is 1. The first-order chi connectivity index (χ1) is 13.8. The Hall–Kier alpha value is -0.580. The van der Waals surface area contributed by atoms with Gasteiger partial charge in [0.05, 0.1) is 3.57 Å². The molecule has 0 amide bonds. The summed E-state index contributed by atoms with van der Waals surface area (Å²) >= 11 is 6.92. The van der Waals surface area contributed by atoms with Gasteiger partial charge in [0.1, 0.15) is 15.8 Å². The van der Waals surface area contributed by atoms with Crippen LogP contribution in [0.1, 0.15) is 18.9 Å². The van der Waals surface area contributed by atoms with Crippen molar-refractivity contribution in [2.45, 2.75) is 29.3 Å². The van der Waals surface area contributed by atoms with E-state index in [9.17, 15) is 9.90 Å². The largest absolute Gasteiger partial charge is 0.488 e. The Bertz CT molecular complexity index is 880. The van der Waals surface area contributed by atoms with E-state index in [4.69, 9.17) is 9.47 Å². The molecule has 0 saturated heterocycles. The van der Waals surface area contributed by atoms with E-state index in [1.807, 2.05) is 30.4 Å². The molecule has 29 heavy (non-hydrogen) atoms. The molecule has 2 atom stereocenters. The normalized spacial score (nSPS) is 19.4. The Morgan fingerprint density at radius 3 is 2.86 bits per heavy atom. The number of ether oxygens (including phenoxy) is 2. The molecule has 1 aromatic rings. The summed E-state index contributed by atoms with van der Waals surface area (Å²) in [4.78, 5) is 11.2. The molecule has 7 heteroatoms. The summed E-state index contributed by atoms with van der Waals surface area (Å²) in [7, 11) is 0. The van der Waals surface area contributed by atoms with Crippen molar-refractivity contribution < 1.29 is 19.4 Å². The highest BCUT2D eigenvalue weighted by atomic mass is 127. The van der Waals surface area contributed by atoms with Gasteiger partial charge in [-0.2, -0.15) is 0 Å². The molecule has 1 N–H and O–H groups in total. The molecule has 0 fully saturated rings. The molecule has 0 heterocycles. The number of hydrogen-bond acceptors (Lipinski definition) is 3. The fraction of sp³-hybridized carbons (Fsp3) is 0.318. The van der Waals surface area contributed by atoms with Gasteiger partial charge in [0, 0.05) is 19.4 Å². The summed E-state index contributed by atoms with van der Waals surface area (Å²) in [6.45, 7) is 2.58. The fourth-order valence-corrected chi connectivity index (χ4v) is 5.63. The first-order valence-corrected chi connectivity index (χ1v) is 12.2. The van der Waals surface area contributed by atoms with Crippen LogP contribution in [0.4, 0.5) is 0 Å². The van der Waals surface area contributed by atoms with Crippen molar-refractivity contribution in [3.8, 4) is 17.6 Å². The smallest absolute Gasteiger partial charge is 0.333 e. The summed E-state index contributed by atoms with van der Waals surface area (Å²) in [6, 6.07) is 5.67. The van der Waals surface area contributed by atoms with E-state index < -0.39 is 12.1 Å². The highest BCUT2D eigenvalue weighted by Crippen LogP contribution is 2.34. The minimum Gasteiger partial charge on any atom is -0.488 e. The van der Waals surface area contributed by atoms with E-state index >= 15 is 0 Å². The maximum atomic E-state index is 11.2. The second-order valence-electron chi connectivity index (χ2n) is 6.25. The number of carboxylic acid groups (broad SMARTS) is 1. The van der Waals surface area contributed by atoms with Gasteiger partial charge in [0.2, 0.25) is 0 Å². The van der Waals surface area contributed by atoms with Gasteiger partial charge in [0.15, 0.2) is 6.10 Å². The third kappa shape index (κ3) is 8.59. The van der Waals surface area contributed by atoms with Crippen molar-refractivity contribution >= 4 is 73.7 Å². The van der Waals surface area contributed by atoms with E-state index in [1.165, 1.54) is 3.58 Å². The van der Waals surface area contributed by atoms with Crippen molar-refractivity contribution in [3.63, 3.8) is 0 Å². The van der Waals surface area contributed by atoms with E-state index in [0.29, 0.717) is 19.6 Å². The lowest BCUT2D eigenvalue weighted by molar-refractivity contribution is -0.149. The average Bonchev–Trinajstić information content (AvgIpc) is 2.65. The van der Waals surface area contributed by atoms with Crippen LogP contribution < -0.4 is 4.74 Å². The molecule has 0 aliphatic heterocycles. The molecule has 0 radical (unpaired) electrons. The molecule has 0 spiro atoms. The van der Waals surface area contributed by atoms with Crippen LogP contribution in [-0.4, -0.2) is 33.8 Å². The first-order valence-electron chi connectivity index (χ1n) is 8.99. The van der Waals surface area contributed by atoms with Gasteiger partial charge in [-0.25, -0.2) is 4.79 Å². The van der Waals surface area contributed by atoms with E-state index in [-0.39, 0.29) is 3.42 Å². The van der Waals surface area contributed by atoms with Crippen LogP contribution in [0.3, 0.4) is 0 Å². The maximum Gasteiger partial charge on any atom is 0.333 e. The Kier molecular flexibility index (Phi) is 10.5. The highest BCUT2D eigenvalue weighted by molar-refractivity contribution is 14.1. The zero-order valence-corrected chi connectivity index (χ0v) is 22.3. The summed E-state index contributed by atoms with van der Waals surface area (Å²) in [5.74, 6) is 6.19.